The van der Waals surface area contributed by atoms with Crippen molar-refractivity contribution >= 4 is 11.2 Å². The van der Waals surface area contributed by atoms with E-state index >= 15 is 0 Å². The summed E-state index contributed by atoms with van der Waals surface area (Å²) in [5.74, 6) is 0.251. The maximum atomic E-state index is 11.2. The lowest BCUT2D eigenvalue weighted by molar-refractivity contribution is 0.0620. The number of hydrogen-bond acceptors (Lipinski definition) is 2. The molecule has 0 spiro atoms. The number of aliphatic hydroxyl groups is 1. The van der Waals surface area contributed by atoms with Crippen molar-refractivity contribution in [3.8, 4) is 0 Å². The third-order valence-electron chi connectivity index (χ3n) is 1.66. The van der Waals surface area contributed by atoms with Crippen molar-refractivity contribution in [1.29, 1.82) is 0 Å². The first-order chi connectivity index (χ1) is 4.76. The van der Waals surface area contributed by atoms with Crippen LogP contribution in [-0.4, -0.2) is 26.8 Å². The SMILES string of the molecule is CC(C)C([S@@+](C)[O-])C(C)(C)O. The first kappa shape index (κ1) is 11.3. The molecule has 0 rings (SSSR count). The van der Waals surface area contributed by atoms with Gasteiger partial charge in [0.1, 0.15) is 10.9 Å². The zero-order chi connectivity index (χ0) is 9.23. The predicted molar refractivity (Wildman–Crippen MR) is 49.0 cm³/mol. The van der Waals surface area contributed by atoms with Crippen LogP contribution in [0.2, 0.25) is 0 Å². The minimum atomic E-state index is -0.953. The molecule has 11 heavy (non-hydrogen) atoms. The van der Waals surface area contributed by atoms with E-state index in [4.69, 9.17) is 0 Å². The molecule has 2 nitrogen and oxygen atoms in total. The minimum absolute atomic E-state index is 0.137. The molecule has 0 aliphatic heterocycles. The number of hydrogen-bond donors (Lipinski definition) is 1. The lowest BCUT2D eigenvalue weighted by atomic mass is 9.96. The second-order valence-electron chi connectivity index (χ2n) is 3.82. The average molecular weight is 178 g/mol. The van der Waals surface area contributed by atoms with E-state index in [2.05, 4.69) is 0 Å². The normalized spacial score (nSPS) is 18.5. The summed E-state index contributed by atoms with van der Waals surface area (Å²) in [6, 6.07) is 0. The van der Waals surface area contributed by atoms with E-state index in [1.165, 1.54) is 0 Å². The smallest absolute Gasteiger partial charge is 0.145 e. The molecule has 1 N–H and O–H groups in total. The summed E-state index contributed by atoms with van der Waals surface area (Å²) in [6.07, 6.45) is 1.64. The first-order valence-electron chi connectivity index (χ1n) is 3.81. The van der Waals surface area contributed by atoms with Gasteiger partial charge in [0.2, 0.25) is 0 Å². The van der Waals surface area contributed by atoms with E-state index in [0.717, 1.165) is 0 Å². The van der Waals surface area contributed by atoms with Crippen LogP contribution in [0.1, 0.15) is 27.7 Å². The highest BCUT2D eigenvalue weighted by Gasteiger charge is 2.37. The topological polar surface area (TPSA) is 43.3 Å². The van der Waals surface area contributed by atoms with E-state index in [0.29, 0.717) is 0 Å². The van der Waals surface area contributed by atoms with Crippen molar-refractivity contribution in [2.24, 2.45) is 5.92 Å². The highest BCUT2D eigenvalue weighted by atomic mass is 32.2. The van der Waals surface area contributed by atoms with Crippen LogP contribution in [0, 0.1) is 5.92 Å². The molecule has 0 saturated heterocycles. The van der Waals surface area contributed by atoms with Crippen molar-refractivity contribution < 1.29 is 9.66 Å². The summed E-state index contributed by atoms with van der Waals surface area (Å²) in [5, 5.41) is 9.49. The molecular formula is C8H18O2S. The molecule has 0 aromatic heterocycles. The Balaban J connectivity index is 4.35. The van der Waals surface area contributed by atoms with Crippen LogP contribution in [0.4, 0.5) is 0 Å². The van der Waals surface area contributed by atoms with Gasteiger partial charge in [0, 0.05) is 5.92 Å². The lowest BCUT2D eigenvalue weighted by Gasteiger charge is -2.31. The van der Waals surface area contributed by atoms with Crippen molar-refractivity contribution in [2.45, 2.75) is 38.5 Å². The third-order valence-corrected chi connectivity index (χ3v) is 3.50. The minimum Gasteiger partial charge on any atom is -0.616 e. The van der Waals surface area contributed by atoms with Crippen LogP contribution in [0.25, 0.3) is 0 Å². The van der Waals surface area contributed by atoms with E-state index in [-0.39, 0.29) is 11.2 Å². The van der Waals surface area contributed by atoms with E-state index in [1.807, 2.05) is 13.8 Å². The molecule has 0 aliphatic rings. The van der Waals surface area contributed by atoms with Crippen LogP contribution in [0.5, 0.6) is 0 Å². The quantitative estimate of drug-likeness (QED) is 0.659. The fourth-order valence-corrected chi connectivity index (χ4v) is 3.18. The zero-order valence-electron chi connectivity index (χ0n) is 7.92. The van der Waals surface area contributed by atoms with Gasteiger partial charge in [-0.05, 0) is 13.8 Å². The largest absolute Gasteiger partial charge is 0.616 e. The summed E-state index contributed by atoms with van der Waals surface area (Å²) in [4.78, 5) is 0. The molecule has 68 valence electrons. The van der Waals surface area contributed by atoms with Crippen molar-refractivity contribution in [3.63, 3.8) is 0 Å². The van der Waals surface area contributed by atoms with Crippen LogP contribution in [0.3, 0.4) is 0 Å². The summed E-state index contributed by atoms with van der Waals surface area (Å²) < 4.78 is 11.2. The maximum Gasteiger partial charge on any atom is 0.145 e. The molecule has 0 heterocycles. The van der Waals surface area contributed by atoms with Gasteiger partial charge in [-0.25, -0.2) is 0 Å². The first-order valence-corrected chi connectivity index (χ1v) is 5.43. The van der Waals surface area contributed by atoms with Crippen LogP contribution < -0.4 is 0 Å². The molecule has 1 unspecified atom stereocenters. The molecule has 0 saturated carbocycles. The molecule has 0 bridgehead atoms. The van der Waals surface area contributed by atoms with Gasteiger partial charge >= 0.3 is 0 Å². The Labute approximate surface area is 72.2 Å². The van der Waals surface area contributed by atoms with Gasteiger partial charge in [-0.15, -0.1) is 0 Å². The molecule has 0 aromatic rings. The Hall–Kier alpha value is 0.270. The molecular weight excluding hydrogens is 160 g/mol. The summed E-state index contributed by atoms with van der Waals surface area (Å²) in [5.41, 5.74) is -0.840. The fraction of sp³-hybridized carbons (Fsp3) is 1.00. The molecule has 0 fully saturated rings. The fourth-order valence-electron chi connectivity index (χ4n) is 1.61. The van der Waals surface area contributed by atoms with Gasteiger partial charge in [-0.1, -0.05) is 25.0 Å². The molecule has 0 aliphatic carbocycles. The molecule has 3 heteroatoms. The second-order valence-corrected chi connectivity index (χ2v) is 5.32. The Morgan fingerprint density at radius 3 is 1.73 bits per heavy atom. The Kier molecular flexibility index (Phi) is 3.88. The summed E-state index contributed by atoms with van der Waals surface area (Å²) in [6.45, 7) is 7.37. The van der Waals surface area contributed by atoms with Gasteiger partial charge in [0.05, 0.1) is 6.26 Å². The molecule has 0 radical (unpaired) electrons. The average Bonchev–Trinajstić information content (AvgIpc) is 1.54. The Morgan fingerprint density at radius 2 is 1.73 bits per heavy atom. The maximum absolute atomic E-state index is 11.2. The predicted octanol–water partition coefficient (Wildman–Crippen LogP) is 1.16. The lowest BCUT2D eigenvalue weighted by Crippen LogP contribution is -2.45. The third kappa shape index (κ3) is 3.45. The monoisotopic (exact) mass is 178 g/mol. The summed E-state index contributed by atoms with van der Waals surface area (Å²) in [7, 11) is 0. The van der Waals surface area contributed by atoms with Gasteiger partial charge in [-0.3, -0.25) is 0 Å². The zero-order valence-corrected chi connectivity index (χ0v) is 8.73. The van der Waals surface area contributed by atoms with Crippen molar-refractivity contribution in [2.75, 3.05) is 6.26 Å². The Bertz CT molecular complexity index is 108. The van der Waals surface area contributed by atoms with Gasteiger partial charge in [-0.2, -0.15) is 0 Å². The van der Waals surface area contributed by atoms with Gasteiger partial charge < -0.3 is 9.66 Å². The van der Waals surface area contributed by atoms with E-state index in [1.54, 1.807) is 20.1 Å². The highest BCUT2D eigenvalue weighted by molar-refractivity contribution is 7.91. The van der Waals surface area contributed by atoms with Crippen molar-refractivity contribution in [3.05, 3.63) is 0 Å². The van der Waals surface area contributed by atoms with Crippen molar-refractivity contribution in [1.82, 2.24) is 0 Å². The standard InChI is InChI=1S/C8H18O2S/c1-6(2)7(11(5)10)8(3,4)9/h6-7,9H,1-5H3/t7?,11-/m1/s1. The Morgan fingerprint density at radius 1 is 1.36 bits per heavy atom. The molecule has 0 amide bonds. The number of rotatable bonds is 3. The van der Waals surface area contributed by atoms with Crippen LogP contribution >= 0.6 is 0 Å². The van der Waals surface area contributed by atoms with Crippen LogP contribution in [-0.2, 0) is 11.2 Å². The van der Waals surface area contributed by atoms with Gasteiger partial charge in [0.15, 0.2) is 0 Å². The second kappa shape index (κ2) is 3.78. The van der Waals surface area contributed by atoms with Gasteiger partial charge in [0.25, 0.3) is 0 Å². The molecule has 2 atom stereocenters. The van der Waals surface area contributed by atoms with E-state index in [9.17, 15) is 9.66 Å². The molecule has 0 aromatic carbocycles. The van der Waals surface area contributed by atoms with E-state index < -0.39 is 16.8 Å². The highest BCUT2D eigenvalue weighted by Crippen LogP contribution is 2.23. The summed E-state index contributed by atoms with van der Waals surface area (Å²) >= 11 is -0.953. The van der Waals surface area contributed by atoms with Crippen LogP contribution in [0.15, 0.2) is 0 Å².